The molecule has 1 atom stereocenters. The second-order valence-corrected chi connectivity index (χ2v) is 6.50. The highest BCUT2D eigenvalue weighted by molar-refractivity contribution is 7.88. The van der Waals surface area contributed by atoms with Crippen LogP contribution < -0.4 is 11.1 Å². The number of hydrogen-bond donors (Lipinski definition) is 2. The van der Waals surface area contributed by atoms with Gasteiger partial charge in [0.1, 0.15) is 6.04 Å². The first-order valence-corrected chi connectivity index (χ1v) is 7.63. The molecule has 0 spiro atoms. The summed E-state index contributed by atoms with van der Waals surface area (Å²) < 4.78 is 25.9. The van der Waals surface area contributed by atoms with Crippen LogP contribution in [0.1, 0.15) is 12.5 Å². The van der Waals surface area contributed by atoms with Crippen LogP contribution in [0.15, 0.2) is 24.3 Å². The fraction of sp³-hybridized carbons (Fsp3) is 0.417. The highest BCUT2D eigenvalue weighted by Gasteiger charge is 2.34. The van der Waals surface area contributed by atoms with E-state index in [-0.39, 0.29) is 11.7 Å². The summed E-state index contributed by atoms with van der Waals surface area (Å²) in [6.45, 7) is 2.24. The summed E-state index contributed by atoms with van der Waals surface area (Å²) in [6, 6.07) is 6.09. The third kappa shape index (κ3) is 3.05. The molecule has 2 rings (SSSR count). The van der Waals surface area contributed by atoms with Crippen molar-refractivity contribution in [2.24, 2.45) is 0 Å². The molecule has 104 valence electrons. The zero-order valence-electron chi connectivity index (χ0n) is 10.7. The number of nitrogens with zero attached hydrogens (tertiary/aromatic N) is 1. The van der Waals surface area contributed by atoms with Gasteiger partial charge in [0, 0.05) is 18.8 Å². The first kappa shape index (κ1) is 13.8. The number of nitrogen functional groups attached to an aromatic ring is 1. The molecular weight excluding hydrogens is 266 g/mol. The lowest BCUT2D eigenvalue weighted by molar-refractivity contribution is -0.126. The third-order valence-corrected chi connectivity index (χ3v) is 5.01. The Bertz CT molecular complexity index is 586. The van der Waals surface area contributed by atoms with Crippen LogP contribution in [0.3, 0.4) is 0 Å². The van der Waals surface area contributed by atoms with E-state index >= 15 is 0 Å². The Labute approximate surface area is 112 Å². The van der Waals surface area contributed by atoms with Gasteiger partial charge in [-0.1, -0.05) is 12.1 Å². The maximum absolute atomic E-state index is 12.3. The molecule has 0 bridgehead atoms. The van der Waals surface area contributed by atoms with E-state index in [1.54, 1.807) is 31.2 Å². The number of benzene rings is 1. The normalized spacial score (nSPS) is 21.1. The van der Waals surface area contributed by atoms with Crippen molar-refractivity contribution in [1.82, 2.24) is 9.62 Å². The fourth-order valence-corrected chi connectivity index (χ4v) is 3.83. The zero-order chi connectivity index (χ0) is 14.0. The molecule has 6 nitrogen and oxygen atoms in total. The molecule has 1 amide bonds. The summed E-state index contributed by atoms with van der Waals surface area (Å²) >= 11 is 0. The van der Waals surface area contributed by atoms with Crippen molar-refractivity contribution >= 4 is 21.6 Å². The molecule has 1 heterocycles. The molecule has 3 N–H and O–H groups in total. The Kier molecular flexibility index (Phi) is 3.77. The van der Waals surface area contributed by atoms with E-state index < -0.39 is 16.1 Å². The molecule has 19 heavy (non-hydrogen) atoms. The molecule has 1 aromatic carbocycles. The van der Waals surface area contributed by atoms with Crippen LogP contribution in [0.5, 0.6) is 0 Å². The first-order chi connectivity index (χ1) is 8.90. The lowest BCUT2D eigenvalue weighted by atomic mass is 10.2. The Morgan fingerprint density at radius 3 is 2.89 bits per heavy atom. The van der Waals surface area contributed by atoms with Gasteiger partial charge in [0.2, 0.25) is 15.9 Å². The van der Waals surface area contributed by atoms with Gasteiger partial charge in [0.25, 0.3) is 0 Å². The van der Waals surface area contributed by atoms with Crippen molar-refractivity contribution < 1.29 is 13.2 Å². The summed E-state index contributed by atoms with van der Waals surface area (Å²) in [4.78, 5) is 11.5. The molecule has 0 aromatic heterocycles. The van der Waals surface area contributed by atoms with Crippen LogP contribution in [0.2, 0.25) is 0 Å². The van der Waals surface area contributed by atoms with E-state index in [9.17, 15) is 13.2 Å². The highest BCUT2D eigenvalue weighted by atomic mass is 32.2. The maximum atomic E-state index is 12.3. The van der Waals surface area contributed by atoms with Crippen LogP contribution in [0.25, 0.3) is 0 Å². The van der Waals surface area contributed by atoms with Crippen molar-refractivity contribution in [3.63, 3.8) is 0 Å². The number of anilines is 1. The number of amides is 1. The van der Waals surface area contributed by atoms with E-state index in [0.29, 0.717) is 24.3 Å². The van der Waals surface area contributed by atoms with Gasteiger partial charge in [-0.25, -0.2) is 8.42 Å². The molecule has 7 heteroatoms. The SMILES string of the molecule is CC1C(=O)NCCN1S(=O)(=O)Cc1cccc(N)c1. The molecule has 1 fully saturated rings. The average molecular weight is 283 g/mol. The van der Waals surface area contributed by atoms with Crippen molar-refractivity contribution in [2.45, 2.75) is 18.7 Å². The van der Waals surface area contributed by atoms with Crippen LogP contribution >= 0.6 is 0 Å². The number of piperazine rings is 1. The Morgan fingerprint density at radius 1 is 1.47 bits per heavy atom. The summed E-state index contributed by atoms with van der Waals surface area (Å²) in [5.74, 6) is -0.405. The minimum atomic E-state index is -3.52. The first-order valence-electron chi connectivity index (χ1n) is 6.02. The second kappa shape index (κ2) is 5.18. The van der Waals surface area contributed by atoms with E-state index in [1.807, 2.05) is 0 Å². The number of carbonyl (C=O) groups is 1. The number of nitrogens with one attached hydrogen (secondary N) is 1. The van der Waals surface area contributed by atoms with Crippen LogP contribution in [0.4, 0.5) is 5.69 Å². The van der Waals surface area contributed by atoms with E-state index in [2.05, 4.69) is 5.32 Å². The van der Waals surface area contributed by atoms with Gasteiger partial charge in [0.15, 0.2) is 0 Å². The smallest absolute Gasteiger partial charge is 0.238 e. The van der Waals surface area contributed by atoms with Crippen molar-refractivity contribution in [2.75, 3.05) is 18.8 Å². The van der Waals surface area contributed by atoms with Gasteiger partial charge in [-0.2, -0.15) is 4.31 Å². The quantitative estimate of drug-likeness (QED) is 0.759. The predicted molar refractivity (Wildman–Crippen MR) is 72.7 cm³/mol. The fourth-order valence-electron chi connectivity index (χ4n) is 2.12. The van der Waals surface area contributed by atoms with Gasteiger partial charge in [0.05, 0.1) is 5.75 Å². The molecule has 1 aliphatic rings. The minimum absolute atomic E-state index is 0.143. The molecule has 0 aliphatic carbocycles. The molecule has 1 saturated heterocycles. The van der Waals surface area contributed by atoms with Gasteiger partial charge in [-0.05, 0) is 24.6 Å². The second-order valence-electron chi connectivity index (χ2n) is 4.58. The zero-order valence-corrected chi connectivity index (χ0v) is 11.5. The lowest BCUT2D eigenvalue weighted by Gasteiger charge is -2.31. The highest BCUT2D eigenvalue weighted by Crippen LogP contribution is 2.17. The van der Waals surface area contributed by atoms with Crippen molar-refractivity contribution in [3.05, 3.63) is 29.8 Å². The standard InChI is InChI=1S/C12H17N3O3S/c1-9-12(16)14-5-6-15(9)19(17,18)8-10-3-2-4-11(13)7-10/h2-4,7,9H,5-6,8,13H2,1H3,(H,14,16). The van der Waals surface area contributed by atoms with Crippen LogP contribution in [-0.2, 0) is 20.6 Å². The monoisotopic (exact) mass is 283 g/mol. The number of nitrogens with two attached hydrogens (primary N) is 1. The van der Waals surface area contributed by atoms with Gasteiger partial charge in [-0.3, -0.25) is 4.79 Å². The summed E-state index contributed by atoms with van der Waals surface area (Å²) in [5, 5.41) is 2.64. The predicted octanol–water partition coefficient (Wildman–Crippen LogP) is -0.0811. The Hall–Kier alpha value is -1.60. The summed E-state index contributed by atoms with van der Waals surface area (Å²) in [5.41, 5.74) is 6.78. The van der Waals surface area contributed by atoms with Crippen molar-refractivity contribution in [1.29, 1.82) is 0 Å². The van der Waals surface area contributed by atoms with Gasteiger partial charge in [-0.15, -0.1) is 0 Å². The average Bonchev–Trinajstić information content (AvgIpc) is 2.32. The number of hydrogen-bond acceptors (Lipinski definition) is 4. The molecule has 1 aromatic rings. The lowest BCUT2D eigenvalue weighted by Crippen LogP contribution is -2.55. The van der Waals surface area contributed by atoms with Crippen LogP contribution in [0, 0.1) is 0 Å². The largest absolute Gasteiger partial charge is 0.399 e. The third-order valence-electron chi connectivity index (χ3n) is 3.10. The number of rotatable bonds is 3. The van der Waals surface area contributed by atoms with Crippen molar-refractivity contribution in [3.8, 4) is 0 Å². The minimum Gasteiger partial charge on any atom is -0.399 e. The maximum Gasteiger partial charge on any atom is 0.238 e. The van der Waals surface area contributed by atoms with Gasteiger partial charge >= 0.3 is 0 Å². The molecule has 1 unspecified atom stereocenters. The van der Waals surface area contributed by atoms with E-state index in [0.717, 1.165) is 0 Å². The molecular formula is C12H17N3O3S. The van der Waals surface area contributed by atoms with E-state index in [4.69, 9.17) is 5.73 Å². The Balaban J connectivity index is 2.20. The molecule has 1 aliphatic heterocycles. The summed E-state index contributed by atoms with van der Waals surface area (Å²) in [7, 11) is -3.52. The molecule has 0 saturated carbocycles. The summed E-state index contributed by atoms with van der Waals surface area (Å²) in [6.07, 6.45) is 0. The Morgan fingerprint density at radius 2 is 2.21 bits per heavy atom. The van der Waals surface area contributed by atoms with Crippen LogP contribution in [-0.4, -0.2) is 37.8 Å². The van der Waals surface area contributed by atoms with Gasteiger partial charge < -0.3 is 11.1 Å². The van der Waals surface area contributed by atoms with E-state index in [1.165, 1.54) is 4.31 Å². The number of sulfonamides is 1. The topological polar surface area (TPSA) is 92.5 Å². The number of carbonyl (C=O) groups excluding carboxylic acids is 1. The molecule has 0 radical (unpaired) electrons.